The third-order valence-corrected chi connectivity index (χ3v) is 3.25. The SMILES string of the molecule is COc1ccc([C@@H](C)NC(=O)NCc2ccn[nH]2)c(OC)c1. The molecular formula is C15H20N4O3. The minimum absolute atomic E-state index is 0.206. The van der Waals surface area contributed by atoms with Crippen LogP contribution in [0, 0.1) is 0 Å². The van der Waals surface area contributed by atoms with Gasteiger partial charge in [-0.2, -0.15) is 5.10 Å². The molecule has 0 spiro atoms. The maximum atomic E-state index is 11.9. The number of nitrogens with one attached hydrogen (secondary N) is 3. The Bertz CT molecular complexity index is 613. The second-order valence-corrected chi connectivity index (χ2v) is 4.74. The highest BCUT2D eigenvalue weighted by Crippen LogP contribution is 2.29. The molecule has 2 rings (SSSR count). The van der Waals surface area contributed by atoms with Gasteiger partial charge in [0.1, 0.15) is 11.5 Å². The molecule has 1 heterocycles. The number of carbonyl (C=O) groups is 1. The minimum atomic E-state index is -0.264. The van der Waals surface area contributed by atoms with Crippen LogP contribution < -0.4 is 20.1 Å². The maximum absolute atomic E-state index is 11.9. The van der Waals surface area contributed by atoms with Crippen molar-refractivity contribution in [1.29, 1.82) is 0 Å². The molecule has 1 aromatic carbocycles. The maximum Gasteiger partial charge on any atom is 0.315 e. The van der Waals surface area contributed by atoms with Gasteiger partial charge in [0.25, 0.3) is 0 Å². The summed E-state index contributed by atoms with van der Waals surface area (Å²) in [5.74, 6) is 1.37. The number of aromatic amines is 1. The van der Waals surface area contributed by atoms with Gasteiger partial charge in [-0.05, 0) is 25.1 Å². The Morgan fingerprint density at radius 2 is 2.14 bits per heavy atom. The molecule has 0 aliphatic carbocycles. The van der Waals surface area contributed by atoms with Crippen molar-refractivity contribution in [1.82, 2.24) is 20.8 Å². The number of amides is 2. The number of rotatable bonds is 6. The van der Waals surface area contributed by atoms with E-state index >= 15 is 0 Å². The summed E-state index contributed by atoms with van der Waals surface area (Å²) in [6, 6.07) is 6.82. The summed E-state index contributed by atoms with van der Waals surface area (Å²) in [4.78, 5) is 11.9. The lowest BCUT2D eigenvalue weighted by Crippen LogP contribution is -2.36. The summed E-state index contributed by atoms with van der Waals surface area (Å²) in [5.41, 5.74) is 1.71. The molecule has 1 aromatic heterocycles. The molecule has 22 heavy (non-hydrogen) atoms. The van der Waals surface area contributed by atoms with Gasteiger partial charge in [0, 0.05) is 17.8 Å². The van der Waals surface area contributed by atoms with E-state index in [2.05, 4.69) is 20.8 Å². The van der Waals surface area contributed by atoms with Crippen molar-refractivity contribution in [2.45, 2.75) is 19.5 Å². The first kappa shape index (κ1) is 15.7. The van der Waals surface area contributed by atoms with Crippen LogP contribution in [0.1, 0.15) is 24.2 Å². The van der Waals surface area contributed by atoms with E-state index in [1.54, 1.807) is 32.5 Å². The van der Waals surface area contributed by atoms with Crippen LogP contribution in [-0.2, 0) is 6.54 Å². The summed E-state index contributed by atoms with van der Waals surface area (Å²) < 4.78 is 10.5. The van der Waals surface area contributed by atoms with Crippen molar-refractivity contribution in [2.75, 3.05) is 14.2 Å². The van der Waals surface area contributed by atoms with E-state index in [1.807, 2.05) is 19.1 Å². The van der Waals surface area contributed by atoms with Gasteiger partial charge in [0.2, 0.25) is 0 Å². The summed E-state index contributed by atoms with van der Waals surface area (Å²) in [7, 11) is 3.18. The number of methoxy groups -OCH3 is 2. The second kappa shape index (κ2) is 7.35. The molecule has 7 heteroatoms. The molecular weight excluding hydrogens is 284 g/mol. The van der Waals surface area contributed by atoms with Gasteiger partial charge in [-0.3, -0.25) is 5.10 Å². The number of nitrogens with zero attached hydrogens (tertiary/aromatic N) is 1. The molecule has 1 atom stereocenters. The van der Waals surface area contributed by atoms with Crippen LogP contribution in [0.25, 0.3) is 0 Å². The zero-order valence-corrected chi connectivity index (χ0v) is 12.8. The smallest absolute Gasteiger partial charge is 0.315 e. The lowest BCUT2D eigenvalue weighted by Gasteiger charge is -2.18. The van der Waals surface area contributed by atoms with Gasteiger partial charge in [-0.25, -0.2) is 4.79 Å². The molecule has 0 aliphatic rings. The van der Waals surface area contributed by atoms with Crippen LogP contribution in [0.5, 0.6) is 11.5 Å². The van der Waals surface area contributed by atoms with Crippen molar-refractivity contribution in [3.63, 3.8) is 0 Å². The highest BCUT2D eigenvalue weighted by atomic mass is 16.5. The predicted molar refractivity (Wildman–Crippen MR) is 81.9 cm³/mol. The molecule has 0 bridgehead atoms. The Labute approximate surface area is 129 Å². The molecule has 0 saturated carbocycles. The highest BCUT2D eigenvalue weighted by molar-refractivity contribution is 5.74. The summed E-state index contributed by atoms with van der Waals surface area (Å²) >= 11 is 0. The molecule has 0 aliphatic heterocycles. The van der Waals surface area contributed by atoms with E-state index < -0.39 is 0 Å². The Hall–Kier alpha value is -2.70. The molecule has 7 nitrogen and oxygen atoms in total. The summed E-state index contributed by atoms with van der Waals surface area (Å²) in [6.45, 7) is 2.28. The number of hydrogen-bond donors (Lipinski definition) is 3. The van der Waals surface area contributed by atoms with Gasteiger partial charge in [-0.15, -0.1) is 0 Å². The van der Waals surface area contributed by atoms with Gasteiger partial charge in [-0.1, -0.05) is 0 Å². The van der Waals surface area contributed by atoms with E-state index in [0.717, 1.165) is 11.3 Å². The molecule has 0 radical (unpaired) electrons. The molecule has 0 fully saturated rings. The zero-order valence-electron chi connectivity index (χ0n) is 12.8. The predicted octanol–water partition coefficient (Wildman–Crippen LogP) is 1.99. The number of aromatic nitrogens is 2. The lowest BCUT2D eigenvalue weighted by molar-refractivity contribution is 0.237. The molecule has 118 valence electrons. The Morgan fingerprint density at radius 1 is 1.32 bits per heavy atom. The lowest BCUT2D eigenvalue weighted by atomic mass is 10.1. The first-order chi connectivity index (χ1) is 10.6. The third-order valence-electron chi connectivity index (χ3n) is 3.25. The first-order valence-corrected chi connectivity index (χ1v) is 6.88. The van der Waals surface area contributed by atoms with Crippen LogP contribution in [0.4, 0.5) is 4.79 Å². The number of H-pyrrole nitrogens is 1. The van der Waals surface area contributed by atoms with Crippen molar-refractivity contribution < 1.29 is 14.3 Å². The normalized spacial score (nSPS) is 11.6. The zero-order chi connectivity index (χ0) is 15.9. The van der Waals surface area contributed by atoms with Crippen LogP contribution in [0.15, 0.2) is 30.5 Å². The monoisotopic (exact) mass is 304 g/mol. The number of urea groups is 1. The number of benzene rings is 1. The van der Waals surface area contributed by atoms with Crippen LogP contribution in [-0.4, -0.2) is 30.4 Å². The molecule has 0 saturated heterocycles. The number of ether oxygens (including phenoxy) is 2. The van der Waals surface area contributed by atoms with Gasteiger partial charge in [0.15, 0.2) is 0 Å². The van der Waals surface area contributed by atoms with Gasteiger partial charge in [0.05, 0.1) is 32.5 Å². The number of hydrogen-bond acceptors (Lipinski definition) is 4. The van der Waals surface area contributed by atoms with E-state index in [4.69, 9.17) is 9.47 Å². The van der Waals surface area contributed by atoms with E-state index in [0.29, 0.717) is 18.0 Å². The van der Waals surface area contributed by atoms with E-state index in [1.165, 1.54) is 0 Å². The average Bonchev–Trinajstić information content (AvgIpc) is 3.05. The molecule has 3 N–H and O–H groups in total. The van der Waals surface area contributed by atoms with Crippen LogP contribution in [0.2, 0.25) is 0 Å². The van der Waals surface area contributed by atoms with Crippen molar-refractivity contribution >= 4 is 6.03 Å². The Morgan fingerprint density at radius 3 is 2.77 bits per heavy atom. The topological polar surface area (TPSA) is 88.3 Å². The highest BCUT2D eigenvalue weighted by Gasteiger charge is 2.14. The van der Waals surface area contributed by atoms with Crippen LogP contribution >= 0.6 is 0 Å². The number of carbonyl (C=O) groups excluding carboxylic acids is 1. The first-order valence-electron chi connectivity index (χ1n) is 6.88. The molecule has 2 aromatic rings. The fourth-order valence-corrected chi connectivity index (χ4v) is 2.06. The quantitative estimate of drug-likeness (QED) is 0.761. The third kappa shape index (κ3) is 3.91. The standard InChI is InChI=1S/C15H20N4O3/c1-10(13-5-4-12(21-2)8-14(13)22-3)18-15(20)16-9-11-6-7-17-19-11/h4-8,10H,9H2,1-3H3,(H,17,19)(H2,16,18,20)/t10-/m1/s1. The summed E-state index contributed by atoms with van der Waals surface area (Å²) in [6.07, 6.45) is 1.64. The van der Waals surface area contributed by atoms with Crippen molar-refractivity contribution in [3.8, 4) is 11.5 Å². The van der Waals surface area contributed by atoms with E-state index in [9.17, 15) is 4.79 Å². The van der Waals surface area contributed by atoms with Crippen molar-refractivity contribution in [2.24, 2.45) is 0 Å². The fourth-order valence-electron chi connectivity index (χ4n) is 2.06. The molecule has 2 amide bonds. The van der Waals surface area contributed by atoms with Gasteiger partial charge < -0.3 is 20.1 Å². The average molecular weight is 304 g/mol. The molecule has 0 unspecified atom stereocenters. The Kier molecular flexibility index (Phi) is 5.24. The Balaban J connectivity index is 1.96. The van der Waals surface area contributed by atoms with E-state index in [-0.39, 0.29) is 12.1 Å². The van der Waals surface area contributed by atoms with Gasteiger partial charge >= 0.3 is 6.03 Å². The fraction of sp³-hybridized carbons (Fsp3) is 0.333. The van der Waals surface area contributed by atoms with Crippen molar-refractivity contribution in [3.05, 3.63) is 41.7 Å². The largest absolute Gasteiger partial charge is 0.497 e. The minimum Gasteiger partial charge on any atom is -0.497 e. The summed E-state index contributed by atoms with van der Waals surface area (Å²) in [5, 5.41) is 12.2. The second-order valence-electron chi connectivity index (χ2n) is 4.74. The van der Waals surface area contributed by atoms with Crippen LogP contribution in [0.3, 0.4) is 0 Å².